The van der Waals surface area contributed by atoms with Crippen molar-refractivity contribution in [2.45, 2.75) is 91.3 Å². The SMILES string of the molecule is CCCC(C)COC1CCCCC1OCC(C)CCC. The molecule has 0 amide bonds. The Hall–Kier alpha value is -0.0800. The lowest BCUT2D eigenvalue weighted by Crippen LogP contribution is -2.36. The molecule has 4 atom stereocenters. The van der Waals surface area contributed by atoms with Gasteiger partial charge < -0.3 is 9.47 Å². The third-order valence-corrected chi connectivity index (χ3v) is 4.39. The quantitative estimate of drug-likeness (QED) is 0.548. The third-order valence-electron chi connectivity index (χ3n) is 4.39. The molecule has 0 spiro atoms. The first kappa shape index (κ1) is 18.0. The zero-order valence-electron chi connectivity index (χ0n) is 14.2. The van der Waals surface area contributed by atoms with Crippen LogP contribution < -0.4 is 0 Å². The molecule has 0 aromatic carbocycles. The highest BCUT2D eigenvalue weighted by Gasteiger charge is 2.27. The summed E-state index contributed by atoms with van der Waals surface area (Å²) in [5.41, 5.74) is 0. The predicted molar refractivity (Wildman–Crippen MR) is 86.1 cm³/mol. The maximum Gasteiger partial charge on any atom is 0.0836 e. The molecule has 1 aliphatic carbocycles. The molecule has 2 nitrogen and oxygen atoms in total. The standard InChI is InChI=1S/C18H36O2/c1-5-9-15(3)13-19-17-11-7-8-12-18(17)20-14-16(4)10-6-2/h15-18H,5-14H2,1-4H3. The highest BCUT2D eigenvalue weighted by molar-refractivity contribution is 4.77. The molecule has 0 aromatic rings. The lowest BCUT2D eigenvalue weighted by Gasteiger charge is -2.33. The Morgan fingerprint density at radius 3 is 1.55 bits per heavy atom. The molecule has 1 rings (SSSR count). The van der Waals surface area contributed by atoms with Crippen LogP contribution in [0.5, 0.6) is 0 Å². The molecule has 1 saturated carbocycles. The van der Waals surface area contributed by atoms with E-state index in [1.165, 1.54) is 51.4 Å². The van der Waals surface area contributed by atoms with Gasteiger partial charge >= 0.3 is 0 Å². The molecule has 20 heavy (non-hydrogen) atoms. The molecule has 0 aromatic heterocycles. The summed E-state index contributed by atoms with van der Waals surface area (Å²) < 4.78 is 12.4. The first-order chi connectivity index (χ1) is 9.67. The van der Waals surface area contributed by atoms with E-state index in [0.29, 0.717) is 24.0 Å². The molecular weight excluding hydrogens is 248 g/mol. The number of ether oxygens (including phenoxy) is 2. The molecule has 0 bridgehead atoms. The average molecular weight is 284 g/mol. The van der Waals surface area contributed by atoms with Gasteiger partial charge in [0.05, 0.1) is 12.2 Å². The highest BCUT2D eigenvalue weighted by Crippen LogP contribution is 2.25. The van der Waals surface area contributed by atoms with Crippen LogP contribution in [0.3, 0.4) is 0 Å². The Balaban J connectivity index is 2.30. The second kappa shape index (κ2) is 10.6. The minimum absolute atomic E-state index is 0.344. The second-order valence-corrected chi connectivity index (χ2v) is 6.82. The molecule has 120 valence electrons. The normalized spacial score (nSPS) is 26.4. The molecule has 1 aliphatic rings. The van der Waals surface area contributed by atoms with E-state index in [0.717, 1.165) is 13.2 Å². The van der Waals surface area contributed by atoms with E-state index in [1.54, 1.807) is 0 Å². The van der Waals surface area contributed by atoms with Crippen LogP contribution in [-0.4, -0.2) is 25.4 Å². The van der Waals surface area contributed by atoms with Crippen molar-refractivity contribution in [3.63, 3.8) is 0 Å². The molecular formula is C18H36O2. The van der Waals surface area contributed by atoms with E-state index in [1.807, 2.05) is 0 Å². The summed E-state index contributed by atoms with van der Waals surface area (Å²) in [6, 6.07) is 0. The monoisotopic (exact) mass is 284 g/mol. The van der Waals surface area contributed by atoms with Gasteiger partial charge in [-0.05, 0) is 37.5 Å². The van der Waals surface area contributed by atoms with Crippen LogP contribution in [0.4, 0.5) is 0 Å². The molecule has 0 N–H and O–H groups in total. The highest BCUT2D eigenvalue weighted by atomic mass is 16.5. The van der Waals surface area contributed by atoms with Crippen molar-refractivity contribution < 1.29 is 9.47 Å². The Kier molecular flexibility index (Phi) is 9.54. The molecule has 0 radical (unpaired) electrons. The van der Waals surface area contributed by atoms with Crippen molar-refractivity contribution in [2.75, 3.05) is 13.2 Å². The fourth-order valence-electron chi connectivity index (χ4n) is 3.17. The van der Waals surface area contributed by atoms with E-state index in [-0.39, 0.29) is 0 Å². The zero-order valence-corrected chi connectivity index (χ0v) is 14.2. The molecule has 2 heteroatoms. The molecule has 0 heterocycles. The molecule has 0 saturated heterocycles. The van der Waals surface area contributed by atoms with E-state index in [2.05, 4.69) is 27.7 Å². The summed E-state index contributed by atoms with van der Waals surface area (Å²) >= 11 is 0. The smallest absolute Gasteiger partial charge is 0.0836 e. The lowest BCUT2D eigenvalue weighted by molar-refractivity contribution is -0.105. The van der Waals surface area contributed by atoms with Crippen molar-refractivity contribution in [1.29, 1.82) is 0 Å². The predicted octanol–water partition coefficient (Wildman–Crippen LogP) is 5.20. The molecule has 0 aliphatic heterocycles. The molecule has 1 fully saturated rings. The van der Waals surface area contributed by atoms with Crippen molar-refractivity contribution >= 4 is 0 Å². The van der Waals surface area contributed by atoms with Gasteiger partial charge in [0, 0.05) is 13.2 Å². The topological polar surface area (TPSA) is 18.5 Å². The van der Waals surface area contributed by atoms with Gasteiger partial charge in [0.25, 0.3) is 0 Å². The minimum Gasteiger partial charge on any atom is -0.375 e. The Labute approximate surface area is 126 Å². The average Bonchev–Trinajstić information content (AvgIpc) is 2.44. The van der Waals surface area contributed by atoms with Gasteiger partial charge in [-0.3, -0.25) is 0 Å². The third kappa shape index (κ3) is 7.08. The van der Waals surface area contributed by atoms with Crippen LogP contribution in [0.1, 0.15) is 79.1 Å². The van der Waals surface area contributed by atoms with Gasteiger partial charge in [-0.15, -0.1) is 0 Å². The van der Waals surface area contributed by atoms with Crippen LogP contribution >= 0.6 is 0 Å². The largest absolute Gasteiger partial charge is 0.375 e. The summed E-state index contributed by atoms with van der Waals surface area (Å²) in [5, 5.41) is 0. The van der Waals surface area contributed by atoms with Gasteiger partial charge in [-0.2, -0.15) is 0 Å². The second-order valence-electron chi connectivity index (χ2n) is 6.82. The van der Waals surface area contributed by atoms with Crippen molar-refractivity contribution in [3.8, 4) is 0 Å². The first-order valence-corrected chi connectivity index (χ1v) is 8.90. The Morgan fingerprint density at radius 2 is 1.20 bits per heavy atom. The van der Waals surface area contributed by atoms with Crippen LogP contribution in [0.2, 0.25) is 0 Å². The molecule has 4 unspecified atom stereocenters. The summed E-state index contributed by atoms with van der Waals surface area (Å²) in [6.45, 7) is 10.9. The van der Waals surface area contributed by atoms with Gasteiger partial charge in [0.2, 0.25) is 0 Å². The Bertz CT molecular complexity index is 205. The maximum absolute atomic E-state index is 6.18. The Morgan fingerprint density at radius 1 is 0.800 bits per heavy atom. The van der Waals surface area contributed by atoms with E-state index in [9.17, 15) is 0 Å². The van der Waals surface area contributed by atoms with Crippen molar-refractivity contribution in [3.05, 3.63) is 0 Å². The van der Waals surface area contributed by atoms with Crippen LogP contribution in [0.25, 0.3) is 0 Å². The van der Waals surface area contributed by atoms with Gasteiger partial charge in [-0.1, -0.05) is 53.4 Å². The van der Waals surface area contributed by atoms with Crippen LogP contribution in [0, 0.1) is 11.8 Å². The van der Waals surface area contributed by atoms with Gasteiger partial charge in [-0.25, -0.2) is 0 Å². The zero-order chi connectivity index (χ0) is 14.8. The minimum atomic E-state index is 0.344. The van der Waals surface area contributed by atoms with Gasteiger partial charge in [0.1, 0.15) is 0 Å². The van der Waals surface area contributed by atoms with E-state index in [4.69, 9.17) is 9.47 Å². The number of rotatable bonds is 10. The lowest BCUT2D eigenvalue weighted by atomic mass is 9.94. The fraction of sp³-hybridized carbons (Fsp3) is 1.00. The summed E-state index contributed by atoms with van der Waals surface area (Å²) in [7, 11) is 0. The number of hydrogen-bond donors (Lipinski definition) is 0. The first-order valence-electron chi connectivity index (χ1n) is 8.90. The number of hydrogen-bond acceptors (Lipinski definition) is 2. The van der Waals surface area contributed by atoms with E-state index < -0.39 is 0 Å². The van der Waals surface area contributed by atoms with Crippen molar-refractivity contribution in [2.24, 2.45) is 11.8 Å². The van der Waals surface area contributed by atoms with Crippen LogP contribution in [-0.2, 0) is 9.47 Å². The van der Waals surface area contributed by atoms with Gasteiger partial charge in [0.15, 0.2) is 0 Å². The maximum atomic E-state index is 6.18. The van der Waals surface area contributed by atoms with E-state index >= 15 is 0 Å². The fourth-order valence-corrected chi connectivity index (χ4v) is 3.17. The van der Waals surface area contributed by atoms with Crippen LogP contribution in [0.15, 0.2) is 0 Å². The summed E-state index contributed by atoms with van der Waals surface area (Å²) in [5.74, 6) is 1.36. The summed E-state index contributed by atoms with van der Waals surface area (Å²) in [4.78, 5) is 0. The van der Waals surface area contributed by atoms with Crippen molar-refractivity contribution in [1.82, 2.24) is 0 Å². The summed E-state index contributed by atoms with van der Waals surface area (Å²) in [6.07, 6.45) is 10.7.